The summed E-state index contributed by atoms with van der Waals surface area (Å²) in [6.07, 6.45) is 1.62. The molecular formula is C22H27F5O3. The zero-order valence-electron chi connectivity index (χ0n) is 16.9. The van der Waals surface area contributed by atoms with E-state index in [9.17, 15) is 22.0 Å². The van der Waals surface area contributed by atoms with Crippen LogP contribution in [0.25, 0.3) is 0 Å². The van der Waals surface area contributed by atoms with Crippen molar-refractivity contribution in [2.45, 2.75) is 57.9 Å². The molecule has 0 unspecified atom stereocenters. The van der Waals surface area contributed by atoms with Crippen molar-refractivity contribution in [1.29, 1.82) is 0 Å². The van der Waals surface area contributed by atoms with Gasteiger partial charge in [-0.3, -0.25) is 0 Å². The predicted molar refractivity (Wildman–Crippen MR) is 101 cm³/mol. The van der Waals surface area contributed by atoms with E-state index in [-0.39, 0.29) is 23.8 Å². The van der Waals surface area contributed by atoms with Gasteiger partial charge in [-0.25, -0.2) is 8.78 Å². The number of allylic oxidation sites excluding steroid dienone is 1. The summed E-state index contributed by atoms with van der Waals surface area (Å²) >= 11 is 0. The third kappa shape index (κ3) is 6.17. The van der Waals surface area contributed by atoms with Crippen LogP contribution in [-0.4, -0.2) is 19.4 Å². The lowest BCUT2D eigenvalue weighted by atomic mass is 9.75. The lowest BCUT2D eigenvalue weighted by molar-refractivity contribution is -0.215. The van der Waals surface area contributed by atoms with E-state index in [4.69, 9.17) is 9.47 Å². The molecule has 0 bridgehead atoms. The molecule has 30 heavy (non-hydrogen) atoms. The summed E-state index contributed by atoms with van der Waals surface area (Å²) in [5, 5.41) is 0. The molecule has 0 aromatic heterocycles. The van der Waals surface area contributed by atoms with E-state index in [0.717, 1.165) is 30.9 Å². The topological polar surface area (TPSA) is 27.7 Å². The smallest absolute Gasteiger partial charge is 0.412 e. The second kappa shape index (κ2) is 10.1. The molecule has 1 aromatic carbocycles. The van der Waals surface area contributed by atoms with Gasteiger partial charge in [-0.1, -0.05) is 32.6 Å². The van der Waals surface area contributed by atoms with Gasteiger partial charge in [0, 0.05) is 11.5 Å². The molecule has 1 saturated heterocycles. The van der Waals surface area contributed by atoms with E-state index >= 15 is 0 Å². The third-order valence-corrected chi connectivity index (χ3v) is 5.91. The summed E-state index contributed by atoms with van der Waals surface area (Å²) in [6.45, 7) is 3.10. The highest BCUT2D eigenvalue weighted by Crippen LogP contribution is 2.39. The minimum absolute atomic E-state index is 0.127. The molecule has 2 fully saturated rings. The van der Waals surface area contributed by atoms with Crippen molar-refractivity contribution in [2.75, 3.05) is 13.2 Å². The van der Waals surface area contributed by atoms with Crippen molar-refractivity contribution >= 4 is 0 Å². The Kier molecular flexibility index (Phi) is 7.74. The van der Waals surface area contributed by atoms with E-state index in [1.165, 1.54) is 25.7 Å². The SMILES string of the molecule is CCCC1CCC(C2COC(c3cc(F)c(O/C=C/C(F)(F)F)c(F)c3)OC2)CC1. The third-order valence-electron chi connectivity index (χ3n) is 5.91. The average molecular weight is 434 g/mol. The molecular weight excluding hydrogens is 407 g/mol. The van der Waals surface area contributed by atoms with Crippen LogP contribution < -0.4 is 4.74 Å². The van der Waals surface area contributed by atoms with Crippen molar-refractivity contribution < 1.29 is 36.2 Å². The van der Waals surface area contributed by atoms with Gasteiger partial charge in [-0.2, -0.15) is 13.2 Å². The number of rotatable bonds is 6. The van der Waals surface area contributed by atoms with Crippen LogP contribution in [0.4, 0.5) is 22.0 Å². The minimum Gasteiger partial charge on any atom is -0.459 e. The molecule has 168 valence electrons. The number of ether oxygens (including phenoxy) is 3. The lowest BCUT2D eigenvalue weighted by Gasteiger charge is -2.37. The van der Waals surface area contributed by atoms with Gasteiger partial charge in [0.2, 0.25) is 0 Å². The monoisotopic (exact) mass is 434 g/mol. The Morgan fingerprint density at radius 3 is 2.13 bits per heavy atom. The second-order valence-electron chi connectivity index (χ2n) is 8.10. The van der Waals surface area contributed by atoms with E-state index in [1.807, 2.05) is 0 Å². The van der Waals surface area contributed by atoms with Gasteiger partial charge in [-0.05, 0) is 36.8 Å². The quantitative estimate of drug-likeness (QED) is 0.369. The molecule has 0 radical (unpaired) electrons. The summed E-state index contributed by atoms with van der Waals surface area (Å²) in [5.74, 6) is -1.56. The fourth-order valence-corrected chi connectivity index (χ4v) is 4.35. The molecule has 1 heterocycles. The van der Waals surface area contributed by atoms with E-state index in [1.54, 1.807) is 0 Å². The highest BCUT2D eigenvalue weighted by atomic mass is 19.4. The first-order valence-corrected chi connectivity index (χ1v) is 10.4. The van der Waals surface area contributed by atoms with Crippen LogP contribution in [0.2, 0.25) is 0 Å². The summed E-state index contributed by atoms with van der Waals surface area (Å²) in [7, 11) is 0. The van der Waals surface area contributed by atoms with E-state index < -0.39 is 29.9 Å². The molecule has 0 N–H and O–H groups in total. The molecule has 1 aromatic rings. The Bertz CT molecular complexity index is 695. The van der Waals surface area contributed by atoms with Gasteiger partial charge in [0.05, 0.1) is 25.6 Å². The molecule has 1 aliphatic carbocycles. The zero-order valence-corrected chi connectivity index (χ0v) is 16.9. The average Bonchev–Trinajstić information content (AvgIpc) is 2.70. The first-order chi connectivity index (χ1) is 14.3. The van der Waals surface area contributed by atoms with Gasteiger partial charge >= 0.3 is 6.18 Å². The van der Waals surface area contributed by atoms with Crippen LogP contribution >= 0.6 is 0 Å². The fraction of sp³-hybridized carbons (Fsp3) is 0.636. The largest absolute Gasteiger partial charge is 0.459 e. The van der Waals surface area contributed by atoms with Crippen LogP contribution in [0, 0.1) is 29.4 Å². The predicted octanol–water partition coefficient (Wildman–Crippen LogP) is 6.69. The highest BCUT2D eigenvalue weighted by Gasteiger charge is 2.33. The maximum atomic E-state index is 14.2. The molecule has 2 aliphatic rings. The summed E-state index contributed by atoms with van der Waals surface area (Å²) in [5.41, 5.74) is 0.127. The molecule has 0 spiro atoms. The maximum absolute atomic E-state index is 14.2. The van der Waals surface area contributed by atoms with Crippen LogP contribution in [0.1, 0.15) is 57.3 Å². The van der Waals surface area contributed by atoms with Crippen LogP contribution in [0.15, 0.2) is 24.5 Å². The molecule has 0 amide bonds. The van der Waals surface area contributed by atoms with Gasteiger partial charge in [-0.15, -0.1) is 0 Å². The Hall–Kier alpha value is -1.67. The van der Waals surface area contributed by atoms with Gasteiger partial charge in [0.15, 0.2) is 23.7 Å². The lowest BCUT2D eigenvalue weighted by Crippen LogP contribution is -2.34. The van der Waals surface area contributed by atoms with Crippen molar-refractivity contribution in [3.63, 3.8) is 0 Å². The maximum Gasteiger partial charge on any atom is 0.412 e. The van der Waals surface area contributed by atoms with Crippen molar-refractivity contribution in [1.82, 2.24) is 0 Å². The second-order valence-corrected chi connectivity index (χ2v) is 8.10. The van der Waals surface area contributed by atoms with Crippen LogP contribution in [-0.2, 0) is 9.47 Å². The molecule has 1 saturated carbocycles. The Morgan fingerprint density at radius 2 is 1.60 bits per heavy atom. The van der Waals surface area contributed by atoms with Gasteiger partial charge < -0.3 is 14.2 Å². The van der Waals surface area contributed by atoms with Gasteiger partial charge in [0.25, 0.3) is 0 Å². The number of hydrogen-bond donors (Lipinski definition) is 0. The van der Waals surface area contributed by atoms with Crippen molar-refractivity contribution in [3.05, 3.63) is 41.7 Å². The molecule has 1 aliphatic heterocycles. The molecule has 0 atom stereocenters. The van der Waals surface area contributed by atoms with Crippen molar-refractivity contribution in [3.8, 4) is 5.75 Å². The molecule has 3 rings (SSSR count). The van der Waals surface area contributed by atoms with Gasteiger partial charge in [0.1, 0.15) is 0 Å². The summed E-state index contributed by atoms with van der Waals surface area (Å²) < 4.78 is 80.5. The number of alkyl halides is 3. The summed E-state index contributed by atoms with van der Waals surface area (Å²) in [4.78, 5) is 0. The Morgan fingerprint density at radius 1 is 1.00 bits per heavy atom. The fourth-order valence-electron chi connectivity index (χ4n) is 4.35. The number of halogens is 5. The number of benzene rings is 1. The van der Waals surface area contributed by atoms with Crippen molar-refractivity contribution in [2.24, 2.45) is 17.8 Å². The van der Waals surface area contributed by atoms with Crippen LogP contribution in [0.3, 0.4) is 0 Å². The summed E-state index contributed by atoms with van der Waals surface area (Å²) in [6, 6.07) is 1.92. The van der Waals surface area contributed by atoms with E-state index in [0.29, 0.717) is 19.1 Å². The van der Waals surface area contributed by atoms with E-state index in [2.05, 4.69) is 11.7 Å². The zero-order chi connectivity index (χ0) is 21.7. The normalized spacial score (nSPS) is 28.1. The minimum atomic E-state index is -4.64. The Labute approximate surface area is 173 Å². The van der Waals surface area contributed by atoms with Crippen LogP contribution in [0.5, 0.6) is 5.75 Å². The first-order valence-electron chi connectivity index (χ1n) is 10.4. The molecule has 8 heteroatoms. The molecule has 3 nitrogen and oxygen atoms in total. The Balaban J connectivity index is 1.55. The first kappa shape index (κ1) is 23.0. The standard InChI is InChI=1S/C22H27F5O3/c1-2-3-14-4-6-15(7-5-14)17-12-29-21(30-13-17)16-10-18(23)20(19(24)11-16)28-9-8-22(25,26)27/h8-11,14-15,17,21H,2-7,12-13H2,1H3/b9-8+. The highest BCUT2D eigenvalue weighted by molar-refractivity contribution is 5.32. The number of hydrogen-bond acceptors (Lipinski definition) is 3.